The van der Waals surface area contributed by atoms with Crippen LogP contribution >= 0.6 is 0 Å². The predicted molar refractivity (Wildman–Crippen MR) is 63.3 cm³/mol. The number of carbonyl (C=O) groups excluding carboxylic acids is 1. The van der Waals surface area contributed by atoms with E-state index in [9.17, 15) is 4.79 Å². The normalized spacial score (nSPS) is 27.1. The Hall–Kier alpha value is -1.35. The number of benzene rings is 1. The Balaban J connectivity index is 1.87. The summed E-state index contributed by atoms with van der Waals surface area (Å²) in [5.41, 5.74) is 9.27. The van der Waals surface area contributed by atoms with Crippen LogP contribution in [0.5, 0.6) is 0 Å². The van der Waals surface area contributed by atoms with Gasteiger partial charge >= 0.3 is 0 Å². The van der Waals surface area contributed by atoms with Crippen LogP contribution in [0.3, 0.4) is 0 Å². The van der Waals surface area contributed by atoms with Crippen LogP contribution in [0.4, 0.5) is 5.69 Å². The minimum Gasteiger partial charge on any atom is -0.327 e. The van der Waals surface area contributed by atoms with E-state index in [1.807, 2.05) is 4.90 Å². The molecule has 1 aromatic carbocycles. The number of fused-ring (bicyclic) bond motifs is 1. The molecule has 84 valence electrons. The summed E-state index contributed by atoms with van der Waals surface area (Å²) in [5.74, 6) is 0.732. The molecule has 1 aliphatic heterocycles. The molecule has 2 aliphatic rings. The maximum atomic E-state index is 11.9. The Morgan fingerprint density at radius 2 is 2.25 bits per heavy atom. The molecule has 2 atom stereocenters. The van der Waals surface area contributed by atoms with Gasteiger partial charge in [0.2, 0.25) is 5.91 Å². The zero-order valence-electron chi connectivity index (χ0n) is 9.44. The van der Waals surface area contributed by atoms with E-state index in [2.05, 4.69) is 25.1 Å². The smallest absolute Gasteiger partial charge is 0.231 e. The van der Waals surface area contributed by atoms with Gasteiger partial charge in [-0.1, -0.05) is 17.7 Å². The molecule has 1 fully saturated rings. The van der Waals surface area contributed by atoms with E-state index in [0.29, 0.717) is 18.4 Å². The second kappa shape index (κ2) is 3.32. The molecule has 2 N–H and O–H groups in total. The Bertz CT molecular complexity index is 455. The predicted octanol–water partition coefficient (Wildman–Crippen LogP) is 1.23. The molecule has 0 spiro atoms. The SMILES string of the molecule is Cc1ccc2c(c1)CC(=O)N2C[C@H]1C[C@@H]1N. The van der Waals surface area contributed by atoms with Crippen LogP contribution in [0.15, 0.2) is 18.2 Å². The van der Waals surface area contributed by atoms with E-state index in [-0.39, 0.29) is 5.91 Å². The van der Waals surface area contributed by atoms with Gasteiger partial charge in [-0.25, -0.2) is 0 Å². The van der Waals surface area contributed by atoms with Gasteiger partial charge in [0.25, 0.3) is 0 Å². The molecule has 1 aliphatic carbocycles. The number of anilines is 1. The fourth-order valence-electron chi connectivity index (χ4n) is 2.43. The van der Waals surface area contributed by atoms with Crippen molar-refractivity contribution in [1.29, 1.82) is 0 Å². The van der Waals surface area contributed by atoms with E-state index in [0.717, 1.165) is 18.7 Å². The average Bonchev–Trinajstić information content (AvgIpc) is 2.82. The van der Waals surface area contributed by atoms with Gasteiger partial charge in [-0.2, -0.15) is 0 Å². The summed E-state index contributed by atoms with van der Waals surface area (Å²) < 4.78 is 0. The van der Waals surface area contributed by atoms with E-state index in [1.54, 1.807) is 0 Å². The third-order valence-corrected chi connectivity index (χ3v) is 3.56. The van der Waals surface area contributed by atoms with Crippen molar-refractivity contribution in [3.8, 4) is 0 Å². The maximum absolute atomic E-state index is 11.9. The molecule has 1 amide bonds. The molecule has 0 radical (unpaired) electrons. The van der Waals surface area contributed by atoms with Crippen molar-refractivity contribution < 1.29 is 4.79 Å². The Kier molecular flexibility index (Phi) is 2.04. The monoisotopic (exact) mass is 216 g/mol. The van der Waals surface area contributed by atoms with Crippen LogP contribution < -0.4 is 10.6 Å². The summed E-state index contributed by atoms with van der Waals surface area (Å²) in [5, 5.41) is 0. The van der Waals surface area contributed by atoms with E-state index < -0.39 is 0 Å². The fraction of sp³-hybridized carbons (Fsp3) is 0.462. The summed E-state index contributed by atoms with van der Waals surface area (Å²) in [6, 6.07) is 6.54. The number of amides is 1. The Morgan fingerprint density at radius 3 is 2.94 bits per heavy atom. The molecule has 0 saturated heterocycles. The third kappa shape index (κ3) is 1.52. The highest BCUT2D eigenvalue weighted by Crippen LogP contribution is 2.35. The summed E-state index contributed by atoms with van der Waals surface area (Å²) in [6.45, 7) is 2.86. The van der Waals surface area contributed by atoms with Gasteiger partial charge in [-0.15, -0.1) is 0 Å². The first kappa shape index (κ1) is 9.85. The third-order valence-electron chi connectivity index (χ3n) is 3.56. The van der Waals surface area contributed by atoms with Crippen LogP contribution in [-0.4, -0.2) is 18.5 Å². The lowest BCUT2D eigenvalue weighted by Crippen LogP contribution is -2.30. The Morgan fingerprint density at radius 1 is 1.50 bits per heavy atom. The molecule has 16 heavy (non-hydrogen) atoms. The second-order valence-electron chi connectivity index (χ2n) is 4.97. The highest BCUT2D eigenvalue weighted by Gasteiger charge is 2.38. The fourth-order valence-corrected chi connectivity index (χ4v) is 2.43. The quantitative estimate of drug-likeness (QED) is 0.808. The molecule has 0 aromatic heterocycles. The zero-order valence-corrected chi connectivity index (χ0v) is 9.44. The lowest BCUT2D eigenvalue weighted by molar-refractivity contribution is -0.117. The first-order valence-corrected chi connectivity index (χ1v) is 5.80. The van der Waals surface area contributed by atoms with Crippen LogP contribution in [-0.2, 0) is 11.2 Å². The molecule has 1 saturated carbocycles. The Labute approximate surface area is 95.2 Å². The van der Waals surface area contributed by atoms with Crippen molar-refractivity contribution in [3.05, 3.63) is 29.3 Å². The van der Waals surface area contributed by atoms with Gasteiger partial charge in [0.1, 0.15) is 0 Å². The molecular formula is C13H16N2O. The van der Waals surface area contributed by atoms with Crippen molar-refractivity contribution in [3.63, 3.8) is 0 Å². The van der Waals surface area contributed by atoms with Crippen molar-refractivity contribution in [2.75, 3.05) is 11.4 Å². The molecule has 3 rings (SSSR count). The maximum Gasteiger partial charge on any atom is 0.231 e. The lowest BCUT2D eigenvalue weighted by Gasteiger charge is -2.17. The standard InChI is InChI=1S/C13H16N2O/c1-8-2-3-12-9(4-8)6-13(16)15(12)7-10-5-11(10)14/h2-4,10-11H,5-7,14H2,1H3/t10-,11+/m1/s1. The number of aryl methyl sites for hydroxylation is 1. The number of hydrogen-bond donors (Lipinski definition) is 1. The average molecular weight is 216 g/mol. The molecule has 1 heterocycles. The lowest BCUT2D eigenvalue weighted by atomic mass is 10.1. The number of rotatable bonds is 2. The van der Waals surface area contributed by atoms with Crippen molar-refractivity contribution in [2.45, 2.75) is 25.8 Å². The van der Waals surface area contributed by atoms with Crippen molar-refractivity contribution in [2.24, 2.45) is 11.7 Å². The topological polar surface area (TPSA) is 46.3 Å². The molecular weight excluding hydrogens is 200 g/mol. The van der Waals surface area contributed by atoms with Crippen LogP contribution in [0, 0.1) is 12.8 Å². The number of nitrogens with two attached hydrogens (primary N) is 1. The van der Waals surface area contributed by atoms with Gasteiger partial charge < -0.3 is 10.6 Å². The number of carbonyl (C=O) groups is 1. The van der Waals surface area contributed by atoms with Crippen molar-refractivity contribution >= 4 is 11.6 Å². The largest absolute Gasteiger partial charge is 0.327 e. The van der Waals surface area contributed by atoms with Crippen LogP contribution in [0.1, 0.15) is 17.5 Å². The summed E-state index contributed by atoms with van der Waals surface area (Å²) >= 11 is 0. The first-order chi connectivity index (χ1) is 7.65. The van der Waals surface area contributed by atoms with Gasteiger partial charge in [0, 0.05) is 18.3 Å². The number of nitrogens with zero attached hydrogens (tertiary/aromatic N) is 1. The summed E-state index contributed by atoms with van der Waals surface area (Å²) in [6.07, 6.45) is 1.62. The molecule has 3 nitrogen and oxygen atoms in total. The van der Waals surface area contributed by atoms with Crippen LogP contribution in [0.25, 0.3) is 0 Å². The first-order valence-electron chi connectivity index (χ1n) is 5.80. The number of hydrogen-bond acceptors (Lipinski definition) is 2. The second-order valence-corrected chi connectivity index (χ2v) is 4.97. The summed E-state index contributed by atoms with van der Waals surface area (Å²) in [4.78, 5) is 13.8. The van der Waals surface area contributed by atoms with Gasteiger partial charge in [-0.3, -0.25) is 4.79 Å². The van der Waals surface area contributed by atoms with Gasteiger partial charge in [0.15, 0.2) is 0 Å². The van der Waals surface area contributed by atoms with E-state index in [4.69, 9.17) is 5.73 Å². The molecule has 0 bridgehead atoms. The minimum atomic E-state index is 0.222. The highest BCUT2D eigenvalue weighted by atomic mass is 16.2. The zero-order chi connectivity index (χ0) is 11.3. The highest BCUT2D eigenvalue weighted by molar-refractivity contribution is 6.01. The van der Waals surface area contributed by atoms with Crippen LogP contribution in [0.2, 0.25) is 0 Å². The van der Waals surface area contributed by atoms with Crippen molar-refractivity contribution in [1.82, 2.24) is 0 Å². The van der Waals surface area contributed by atoms with E-state index in [1.165, 1.54) is 11.1 Å². The minimum absolute atomic E-state index is 0.222. The van der Waals surface area contributed by atoms with Gasteiger partial charge in [0.05, 0.1) is 6.42 Å². The molecule has 0 unspecified atom stereocenters. The summed E-state index contributed by atoms with van der Waals surface area (Å²) in [7, 11) is 0. The molecule has 1 aromatic rings. The molecule has 3 heteroatoms. The van der Waals surface area contributed by atoms with E-state index >= 15 is 0 Å². The van der Waals surface area contributed by atoms with Gasteiger partial charge in [-0.05, 0) is 30.9 Å².